The molecule has 0 aliphatic carbocycles. The average molecular weight is 453 g/mol. The molecule has 106 valence electrons. The third kappa shape index (κ3) is 3.55. The number of hydrazine groups is 1. The summed E-state index contributed by atoms with van der Waals surface area (Å²) in [6, 6.07) is 9.17. The van der Waals surface area contributed by atoms with Crippen molar-refractivity contribution in [2.24, 2.45) is 5.84 Å². The molecule has 1 atom stereocenters. The van der Waals surface area contributed by atoms with Gasteiger partial charge in [-0.2, -0.15) is 0 Å². The summed E-state index contributed by atoms with van der Waals surface area (Å²) in [6.07, 6.45) is 0.497. The van der Waals surface area contributed by atoms with Crippen molar-refractivity contribution in [3.8, 4) is 0 Å². The summed E-state index contributed by atoms with van der Waals surface area (Å²) >= 11 is 5.30. The first-order valence-electron chi connectivity index (χ1n) is 5.87. The molecule has 0 radical (unpaired) electrons. The van der Waals surface area contributed by atoms with Gasteiger partial charge in [0.25, 0.3) is 0 Å². The minimum Gasteiger partial charge on any atom is -0.271 e. The predicted molar refractivity (Wildman–Crippen MR) is 87.0 cm³/mol. The fraction of sp³-hybridized carbons (Fsp3) is 0.143. The van der Waals surface area contributed by atoms with Gasteiger partial charge < -0.3 is 0 Å². The van der Waals surface area contributed by atoms with Crippen LogP contribution in [0.15, 0.2) is 40.9 Å². The van der Waals surface area contributed by atoms with E-state index in [1.165, 1.54) is 18.2 Å². The number of rotatable bonds is 4. The van der Waals surface area contributed by atoms with Crippen LogP contribution < -0.4 is 11.3 Å². The largest absolute Gasteiger partial charge is 0.271 e. The molecule has 0 aliphatic heterocycles. The van der Waals surface area contributed by atoms with Crippen molar-refractivity contribution in [3.63, 3.8) is 0 Å². The van der Waals surface area contributed by atoms with Gasteiger partial charge in [-0.25, -0.2) is 8.78 Å². The van der Waals surface area contributed by atoms with E-state index in [0.29, 0.717) is 10.9 Å². The summed E-state index contributed by atoms with van der Waals surface area (Å²) in [7, 11) is 0. The van der Waals surface area contributed by atoms with E-state index in [4.69, 9.17) is 5.84 Å². The minimum absolute atomic E-state index is 0.222. The second-order valence-corrected chi connectivity index (χ2v) is 6.26. The van der Waals surface area contributed by atoms with Crippen molar-refractivity contribution in [2.75, 3.05) is 0 Å². The van der Waals surface area contributed by atoms with Crippen LogP contribution in [0.2, 0.25) is 0 Å². The Bertz CT molecular complexity index is 622. The monoisotopic (exact) mass is 452 g/mol. The van der Waals surface area contributed by atoms with Crippen LogP contribution in [0, 0.1) is 15.2 Å². The highest BCUT2D eigenvalue weighted by Gasteiger charge is 2.16. The van der Waals surface area contributed by atoms with Crippen LogP contribution in [0.4, 0.5) is 8.78 Å². The highest BCUT2D eigenvalue weighted by molar-refractivity contribution is 14.1. The van der Waals surface area contributed by atoms with E-state index in [9.17, 15) is 8.78 Å². The summed E-state index contributed by atoms with van der Waals surface area (Å²) in [5, 5.41) is 0. The SMILES string of the molecule is NNC(Cc1cccc(F)c1Br)c1ccc(F)cc1I. The zero-order valence-corrected chi connectivity index (χ0v) is 14.1. The molecule has 1 unspecified atom stereocenters. The van der Waals surface area contributed by atoms with Gasteiger partial charge in [0.1, 0.15) is 11.6 Å². The molecular formula is C14H12BrF2IN2. The summed E-state index contributed by atoms with van der Waals surface area (Å²) in [6.45, 7) is 0. The molecule has 0 saturated carbocycles. The van der Waals surface area contributed by atoms with Gasteiger partial charge in [-0.15, -0.1) is 0 Å². The van der Waals surface area contributed by atoms with Crippen LogP contribution in [0.5, 0.6) is 0 Å². The molecule has 0 spiro atoms. The Morgan fingerprint density at radius 1 is 1.25 bits per heavy atom. The fourth-order valence-corrected chi connectivity index (χ4v) is 3.25. The molecule has 2 aromatic rings. The highest BCUT2D eigenvalue weighted by Crippen LogP contribution is 2.28. The van der Waals surface area contributed by atoms with E-state index in [1.54, 1.807) is 12.1 Å². The van der Waals surface area contributed by atoms with Crippen molar-refractivity contribution >= 4 is 38.5 Å². The van der Waals surface area contributed by atoms with Crippen molar-refractivity contribution in [3.05, 3.63) is 67.2 Å². The van der Waals surface area contributed by atoms with Crippen LogP contribution >= 0.6 is 38.5 Å². The Morgan fingerprint density at radius 3 is 2.65 bits per heavy atom. The van der Waals surface area contributed by atoms with Gasteiger partial charge in [0.05, 0.1) is 10.5 Å². The van der Waals surface area contributed by atoms with Crippen molar-refractivity contribution in [1.29, 1.82) is 0 Å². The number of halogens is 4. The van der Waals surface area contributed by atoms with Crippen LogP contribution in [-0.4, -0.2) is 0 Å². The van der Waals surface area contributed by atoms with E-state index < -0.39 is 0 Å². The first-order valence-corrected chi connectivity index (χ1v) is 7.74. The second-order valence-electron chi connectivity index (χ2n) is 4.30. The number of hydrogen-bond acceptors (Lipinski definition) is 2. The maximum absolute atomic E-state index is 13.5. The van der Waals surface area contributed by atoms with Gasteiger partial charge in [0, 0.05) is 3.57 Å². The Labute approximate surface area is 138 Å². The second kappa shape index (κ2) is 6.93. The number of hydrogen-bond donors (Lipinski definition) is 2. The first-order chi connectivity index (χ1) is 9.52. The van der Waals surface area contributed by atoms with E-state index in [2.05, 4.69) is 43.9 Å². The lowest BCUT2D eigenvalue weighted by atomic mass is 9.99. The Kier molecular flexibility index (Phi) is 5.48. The minimum atomic E-state index is -0.313. The zero-order chi connectivity index (χ0) is 14.7. The lowest BCUT2D eigenvalue weighted by molar-refractivity contribution is 0.542. The number of nitrogens with one attached hydrogen (secondary N) is 1. The van der Waals surface area contributed by atoms with Crippen LogP contribution in [0.25, 0.3) is 0 Å². The van der Waals surface area contributed by atoms with E-state index in [1.807, 2.05) is 6.07 Å². The van der Waals surface area contributed by atoms with Gasteiger partial charge in [-0.1, -0.05) is 18.2 Å². The predicted octanol–water partition coefficient (Wildman–Crippen LogP) is 4.08. The molecule has 0 saturated heterocycles. The lowest BCUT2D eigenvalue weighted by Gasteiger charge is -2.19. The fourth-order valence-electron chi connectivity index (χ4n) is 1.97. The normalized spacial score (nSPS) is 12.4. The summed E-state index contributed by atoms with van der Waals surface area (Å²) in [4.78, 5) is 0. The molecule has 0 bridgehead atoms. The molecular weight excluding hydrogens is 441 g/mol. The molecule has 2 nitrogen and oxygen atoms in total. The molecule has 20 heavy (non-hydrogen) atoms. The van der Waals surface area contributed by atoms with E-state index in [-0.39, 0.29) is 17.7 Å². The lowest BCUT2D eigenvalue weighted by Crippen LogP contribution is -2.30. The topological polar surface area (TPSA) is 38.0 Å². The molecule has 0 fully saturated rings. The van der Waals surface area contributed by atoms with E-state index in [0.717, 1.165) is 14.7 Å². The van der Waals surface area contributed by atoms with Crippen molar-refractivity contribution in [1.82, 2.24) is 5.43 Å². The number of nitrogens with two attached hydrogens (primary N) is 1. The average Bonchev–Trinajstić information content (AvgIpc) is 2.41. The Morgan fingerprint density at radius 2 is 2.00 bits per heavy atom. The molecule has 6 heteroatoms. The Hall–Kier alpha value is -0.570. The molecule has 0 amide bonds. The van der Waals surface area contributed by atoms with Crippen LogP contribution in [0.3, 0.4) is 0 Å². The standard InChI is InChI=1S/C14H12BrF2IN2/c15-14-8(2-1-3-11(14)17)6-13(20-19)10-5-4-9(16)7-12(10)18/h1-5,7,13,20H,6,19H2. The van der Waals surface area contributed by atoms with E-state index >= 15 is 0 Å². The summed E-state index contributed by atoms with van der Waals surface area (Å²) < 4.78 is 27.9. The van der Waals surface area contributed by atoms with Gasteiger partial charge in [0.2, 0.25) is 0 Å². The quantitative estimate of drug-likeness (QED) is 0.416. The third-order valence-corrected chi connectivity index (χ3v) is 4.82. The highest BCUT2D eigenvalue weighted by atomic mass is 127. The van der Waals surface area contributed by atoms with Crippen molar-refractivity contribution in [2.45, 2.75) is 12.5 Å². The third-order valence-electron chi connectivity index (χ3n) is 2.99. The summed E-state index contributed by atoms with van der Waals surface area (Å²) in [5.41, 5.74) is 4.38. The molecule has 0 aliphatic rings. The van der Waals surface area contributed by atoms with Gasteiger partial charge in [0.15, 0.2) is 0 Å². The maximum atomic E-state index is 13.5. The Balaban J connectivity index is 2.31. The zero-order valence-electron chi connectivity index (χ0n) is 10.3. The maximum Gasteiger partial charge on any atom is 0.137 e. The van der Waals surface area contributed by atoms with Gasteiger partial charge in [-0.3, -0.25) is 11.3 Å². The number of benzene rings is 2. The molecule has 2 rings (SSSR count). The molecule has 0 aromatic heterocycles. The van der Waals surface area contributed by atoms with Crippen molar-refractivity contribution < 1.29 is 8.78 Å². The van der Waals surface area contributed by atoms with Crippen LogP contribution in [0.1, 0.15) is 17.2 Å². The first kappa shape index (κ1) is 15.8. The summed E-state index contributed by atoms with van der Waals surface area (Å²) in [5.74, 6) is 4.99. The van der Waals surface area contributed by atoms with Crippen LogP contribution in [-0.2, 0) is 6.42 Å². The molecule has 2 aromatic carbocycles. The van der Waals surface area contributed by atoms with Gasteiger partial charge in [-0.05, 0) is 74.3 Å². The van der Waals surface area contributed by atoms with Gasteiger partial charge >= 0.3 is 0 Å². The smallest absolute Gasteiger partial charge is 0.137 e. The molecule has 0 heterocycles. The molecule has 3 N–H and O–H groups in total.